The number of fused-ring (bicyclic) bond motifs is 1. The topological polar surface area (TPSA) is 72.3 Å². The molecule has 2 heterocycles. The Morgan fingerprint density at radius 2 is 1.86 bits per heavy atom. The third-order valence-electron chi connectivity index (χ3n) is 5.54. The fourth-order valence-electron chi connectivity index (χ4n) is 3.59. The van der Waals surface area contributed by atoms with E-state index in [0.717, 1.165) is 32.1 Å². The van der Waals surface area contributed by atoms with Crippen LogP contribution in [0.15, 0.2) is 87.5 Å². The van der Waals surface area contributed by atoms with Crippen LogP contribution in [0.1, 0.15) is 22.4 Å². The van der Waals surface area contributed by atoms with Crippen LogP contribution in [-0.4, -0.2) is 28.1 Å². The number of aryl methyl sites for hydroxylation is 1. The molecule has 0 aliphatic carbocycles. The Morgan fingerprint density at radius 1 is 1.09 bits per heavy atom. The fourth-order valence-corrected chi connectivity index (χ4v) is 5.38. The zero-order chi connectivity index (χ0) is 24.2. The van der Waals surface area contributed by atoms with Crippen LogP contribution in [0.5, 0.6) is 5.75 Å². The second kappa shape index (κ2) is 10.3. The number of aliphatic imine (C=N–C) groups is 1. The fraction of sp³-hybridized carbons (Fsp3) is 0.148. The molecule has 8 heteroatoms. The van der Waals surface area contributed by atoms with Crippen LogP contribution >= 0.6 is 23.1 Å². The maximum atomic E-state index is 13.4. The van der Waals surface area contributed by atoms with Crippen molar-refractivity contribution >= 4 is 39.5 Å². The van der Waals surface area contributed by atoms with Gasteiger partial charge in [-0.2, -0.15) is 4.68 Å². The lowest BCUT2D eigenvalue weighted by atomic mass is 10.2. The maximum absolute atomic E-state index is 13.4. The summed E-state index contributed by atoms with van der Waals surface area (Å²) in [4.78, 5) is 23.8. The second-order valence-corrected chi connectivity index (χ2v) is 10.1. The highest BCUT2D eigenvalue weighted by atomic mass is 32.2. The third-order valence-corrected chi connectivity index (χ3v) is 7.60. The molecule has 6 nitrogen and oxygen atoms in total. The molecule has 0 bridgehead atoms. The van der Waals surface area contributed by atoms with Gasteiger partial charge in [0, 0.05) is 16.9 Å². The molecule has 176 valence electrons. The van der Waals surface area contributed by atoms with E-state index in [1.165, 1.54) is 21.6 Å². The minimum Gasteiger partial charge on any atom is -0.497 e. The van der Waals surface area contributed by atoms with Gasteiger partial charge in [-0.1, -0.05) is 53.3 Å². The van der Waals surface area contributed by atoms with Gasteiger partial charge in [-0.25, -0.2) is 4.98 Å². The molecule has 0 spiro atoms. The third kappa shape index (κ3) is 5.23. The van der Waals surface area contributed by atoms with E-state index >= 15 is 0 Å². The molecule has 1 N–H and O–H groups in total. The number of hydrogen-bond donors (Lipinski definition) is 1. The number of ether oxygens (including phenoxy) is 1. The number of nitrogens with one attached hydrogen (secondary N) is 1. The zero-order valence-electron chi connectivity index (χ0n) is 19.4. The zero-order valence-corrected chi connectivity index (χ0v) is 21.0. The average Bonchev–Trinajstić information content (AvgIpc) is 3.45. The molecule has 0 aliphatic heterocycles. The van der Waals surface area contributed by atoms with Crippen molar-refractivity contribution < 1.29 is 4.74 Å². The molecular formula is C27H24N4O2S2. The Labute approximate surface area is 211 Å². The number of hydrogen-bond acceptors (Lipinski definition) is 6. The van der Waals surface area contributed by atoms with Gasteiger partial charge in [-0.3, -0.25) is 14.9 Å². The van der Waals surface area contributed by atoms with Gasteiger partial charge in [0.15, 0.2) is 0 Å². The van der Waals surface area contributed by atoms with Crippen molar-refractivity contribution in [3.05, 3.63) is 106 Å². The first-order valence-corrected chi connectivity index (χ1v) is 12.9. The number of thioether (sulfide) groups is 1. The molecule has 0 saturated heterocycles. The standard InChI is InChI=1S/C27H24N4O2S2/c1-18-7-13-21(14-8-18)34-17-24-22(16-28-15-19-9-11-20(33-2)12-10-19)26(32)31(30-24)27-29-23-5-3-4-6-25(23)35-27/h3-14,16,30H,15,17H2,1-2H3. The molecule has 0 atom stereocenters. The number of para-hydroxylation sites is 1. The minimum atomic E-state index is -0.151. The highest BCUT2D eigenvalue weighted by Gasteiger charge is 2.17. The summed E-state index contributed by atoms with van der Waals surface area (Å²) >= 11 is 3.16. The molecule has 2 aromatic heterocycles. The summed E-state index contributed by atoms with van der Waals surface area (Å²) < 4.78 is 7.79. The monoisotopic (exact) mass is 500 g/mol. The smallest absolute Gasteiger partial charge is 0.282 e. The average molecular weight is 501 g/mol. The van der Waals surface area contributed by atoms with Crippen LogP contribution in [0.4, 0.5) is 0 Å². The lowest BCUT2D eigenvalue weighted by Crippen LogP contribution is -2.17. The number of H-pyrrole nitrogens is 1. The van der Waals surface area contributed by atoms with Gasteiger partial charge < -0.3 is 4.74 Å². The van der Waals surface area contributed by atoms with Crippen molar-refractivity contribution in [3.63, 3.8) is 0 Å². The van der Waals surface area contributed by atoms with Crippen LogP contribution < -0.4 is 10.3 Å². The van der Waals surface area contributed by atoms with E-state index < -0.39 is 0 Å². The maximum Gasteiger partial charge on any atom is 0.282 e. The Kier molecular flexibility index (Phi) is 6.83. The Balaban J connectivity index is 1.45. The summed E-state index contributed by atoms with van der Waals surface area (Å²) in [5.41, 5.74) is 4.35. The summed E-state index contributed by atoms with van der Waals surface area (Å²) in [5, 5.41) is 3.91. The van der Waals surface area contributed by atoms with Gasteiger partial charge in [0.05, 0.1) is 35.1 Å². The van der Waals surface area contributed by atoms with Crippen LogP contribution in [0, 0.1) is 6.92 Å². The number of aromatic nitrogens is 3. The highest BCUT2D eigenvalue weighted by molar-refractivity contribution is 7.98. The number of aromatic amines is 1. The summed E-state index contributed by atoms with van der Waals surface area (Å²) in [6.45, 7) is 2.54. The molecule has 0 amide bonds. The normalized spacial score (nSPS) is 11.5. The first kappa shape index (κ1) is 23.1. The van der Waals surface area contributed by atoms with Gasteiger partial charge >= 0.3 is 0 Å². The predicted octanol–water partition coefficient (Wildman–Crippen LogP) is 6.00. The first-order chi connectivity index (χ1) is 17.1. The molecule has 35 heavy (non-hydrogen) atoms. The van der Waals surface area contributed by atoms with Gasteiger partial charge in [0.25, 0.3) is 5.56 Å². The number of rotatable bonds is 8. The molecule has 0 fully saturated rings. The molecular weight excluding hydrogens is 476 g/mol. The molecule has 5 rings (SSSR count). The van der Waals surface area contributed by atoms with Gasteiger partial charge in [-0.05, 0) is 48.9 Å². The second-order valence-electron chi connectivity index (χ2n) is 8.03. The van der Waals surface area contributed by atoms with Crippen molar-refractivity contribution in [1.29, 1.82) is 0 Å². The lowest BCUT2D eigenvalue weighted by Gasteiger charge is -2.02. The minimum absolute atomic E-state index is 0.151. The molecule has 0 aliphatic rings. The molecule has 0 radical (unpaired) electrons. The molecule has 5 aromatic rings. The van der Waals surface area contributed by atoms with Crippen LogP contribution in [-0.2, 0) is 12.3 Å². The van der Waals surface area contributed by atoms with E-state index in [2.05, 4.69) is 46.3 Å². The van der Waals surface area contributed by atoms with E-state index in [4.69, 9.17) is 4.74 Å². The molecule has 0 saturated carbocycles. The lowest BCUT2D eigenvalue weighted by molar-refractivity contribution is 0.414. The summed E-state index contributed by atoms with van der Waals surface area (Å²) in [5.74, 6) is 1.41. The van der Waals surface area contributed by atoms with Gasteiger partial charge in [-0.15, -0.1) is 11.8 Å². The number of thiazole rings is 1. The number of nitrogens with zero attached hydrogens (tertiary/aromatic N) is 3. The summed E-state index contributed by atoms with van der Waals surface area (Å²) in [6.07, 6.45) is 1.68. The van der Waals surface area contributed by atoms with Crippen molar-refractivity contribution in [1.82, 2.24) is 14.8 Å². The van der Waals surface area contributed by atoms with Crippen molar-refractivity contribution in [2.45, 2.75) is 24.1 Å². The highest BCUT2D eigenvalue weighted by Crippen LogP contribution is 2.26. The summed E-state index contributed by atoms with van der Waals surface area (Å²) in [7, 11) is 1.64. The van der Waals surface area contributed by atoms with Gasteiger partial charge in [0.2, 0.25) is 5.13 Å². The van der Waals surface area contributed by atoms with Gasteiger partial charge in [0.1, 0.15) is 5.75 Å². The number of methoxy groups -OCH3 is 1. The van der Waals surface area contributed by atoms with Crippen molar-refractivity contribution in [2.75, 3.05) is 7.11 Å². The van der Waals surface area contributed by atoms with E-state index in [1.54, 1.807) is 25.1 Å². The van der Waals surface area contributed by atoms with E-state index in [0.29, 0.717) is 23.0 Å². The Hall–Kier alpha value is -3.62. The van der Waals surface area contributed by atoms with Crippen LogP contribution in [0.3, 0.4) is 0 Å². The van der Waals surface area contributed by atoms with Crippen molar-refractivity contribution in [3.8, 4) is 10.9 Å². The summed E-state index contributed by atoms with van der Waals surface area (Å²) in [6, 6.07) is 24.0. The SMILES string of the molecule is COc1ccc(CN=Cc2c(CSc3ccc(C)cc3)[nH]n(-c3nc4ccccc4s3)c2=O)cc1. The Morgan fingerprint density at radius 3 is 2.60 bits per heavy atom. The quantitative estimate of drug-likeness (QED) is 0.209. The molecule has 3 aromatic carbocycles. The largest absolute Gasteiger partial charge is 0.497 e. The molecule has 0 unspecified atom stereocenters. The predicted molar refractivity (Wildman–Crippen MR) is 145 cm³/mol. The van der Waals surface area contributed by atoms with Crippen molar-refractivity contribution in [2.24, 2.45) is 4.99 Å². The number of benzene rings is 3. The Bertz CT molecular complexity index is 1500. The van der Waals surface area contributed by atoms with Crippen LogP contribution in [0.2, 0.25) is 0 Å². The van der Waals surface area contributed by atoms with E-state index in [9.17, 15) is 4.79 Å². The van der Waals surface area contributed by atoms with E-state index in [-0.39, 0.29) is 5.56 Å². The van der Waals surface area contributed by atoms with E-state index in [1.807, 2.05) is 48.5 Å². The first-order valence-electron chi connectivity index (χ1n) is 11.1. The van der Waals surface area contributed by atoms with Crippen LogP contribution in [0.25, 0.3) is 15.3 Å².